The molecule has 2 atom stereocenters. The lowest BCUT2D eigenvalue weighted by Crippen LogP contribution is -2.28. The summed E-state index contributed by atoms with van der Waals surface area (Å²) in [5, 5.41) is 0. The fourth-order valence-electron chi connectivity index (χ4n) is 0.404. The minimum Gasteiger partial charge on any atom is -0.240 e. The Kier molecular flexibility index (Phi) is 3.79. The summed E-state index contributed by atoms with van der Waals surface area (Å²) in [5.74, 6) is 0. The highest BCUT2D eigenvalue weighted by Gasteiger charge is 2.43. The van der Waals surface area contributed by atoms with E-state index in [0.29, 0.717) is 0 Å². The molecule has 0 saturated carbocycles. The summed E-state index contributed by atoms with van der Waals surface area (Å²) < 4.78 is 79.8. The summed E-state index contributed by atoms with van der Waals surface area (Å²) in [5.41, 5.74) is 0. The van der Waals surface area contributed by atoms with Crippen LogP contribution in [-0.2, 0) is 0 Å². The van der Waals surface area contributed by atoms with E-state index in [1.54, 1.807) is 0 Å². The molecule has 2 unspecified atom stereocenters. The van der Waals surface area contributed by atoms with Gasteiger partial charge in [0.15, 0.2) is 12.3 Å². The third-order valence-corrected chi connectivity index (χ3v) is 1.01. The molecule has 0 aliphatic rings. The van der Waals surface area contributed by atoms with E-state index in [1.807, 2.05) is 0 Å². The molecule has 0 amide bonds. The van der Waals surface area contributed by atoms with Gasteiger partial charge in [0.25, 0.3) is 0 Å². The standard InChI is InChI=1S/C5H4F7/c6-2(4(8)9)1-3(7)5(10,11)12/h2-3H,1H2. The van der Waals surface area contributed by atoms with Crippen molar-refractivity contribution >= 4 is 0 Å². The Labute approximate surface area is 63.4 Å². The van der Waals surface area contributed by atoms with Gasteiger partial charge in [-0.25, -0.2) is 8.78 Å². The zero-order valence-electron chi connectivity index (χ0n) is 5.51. The minimum absolute atomic E-state index is 1.88. The summed E-state index contributed by atoms with van der Waals surface area (Å²) in [4.78, 5) is 0. The SMILES string of the molecule is F[C](F)C(F)CC(F)C(F)(F)F. The Hall–Kier alpha value is -0.490. The molecular formula is C5H4F7. The van der Waals surface area contributed by atoms with E-state index < -0.39 is 31.4 Å². The first-order valence-electron chi connectivity index (χ1n) is 2.78. The molecule has 0 nitrogen and oxygen atoms in total. The Morgan fingerprint density at radius 1 is 1.08 bits per heavy atom. The Balaban J connectivity index is 3.93. The van der Waals surface area contributed by atoms with Gasteiger partial charge in [0.05, 0.1) is 0 Å². The fraction of sp³-hybridized carbons (Fsp3) is 0.800. The van der Waals surface area contributed by atoms with Gasteiger partial charge in [-0.05, 0) is 0 Å². The molecule has 1 radical (unpaired) electrons. The van der Waals surface area contributed by atoms with E-state index in [0.717, 1.165) is 0 Å². The second kappa shape index (κ2) is 3.95. The van der Waals surface area contributed by atoms with Crippen molar-refractivity contribution in [2.45, 2.75) is 24.9 Å². The molecule has 0 aromatic carbocycles. The predicted molar refractivity (Wildman–Crippen MR) is 25.9 cm³/mol. The van der Waals surface area contributed by atoms with E-state index in [9.17, 15) is 30.7 Å². The molecule has 0 aliphatic carbocycles. The van der Waals surface area contributed by atoms with Crippen LogP contribution in [0.15, 0.2) is 0 Å². The predicted octanol–water partition coefficient (Wildman–Crippen LogP) is 3.04. The van der Waals surface area contributed by atoms with Gasteiger partial charge in [0, 0.05) is 6.42 Å². The lowest BCUT2D eigenvalue weighted by molar-refractivity contribution is -0.186. The van der Waals surface area contributed by atoms with Gasteiger partial charge in [-0.1, -0.05) is 0 Å². The van der Waals surface area contributed by atoms with Crippen molar-refractivity contribution in [3.8, 4) is 0 Å². The number of rotatable bonds is 3. The molecule has 0 heterocycles. The van der Waals surface area contributed by atoms with Crippen molar-refractivity contribution in [1.29, 1.82) is 0 Å². The van der Waals surface area contributed by atoms with Crippen LogP contribution in [0.1, 0.15) is 6.42 Å². The van der Waals surface area contributed by atoms with Gasteiger partial charge in [0.2, 0.25) is 0 Å². The van der Waals surface area contributed by atoms with Crippen molar-refractivity contribution in [3.05, 3.63) is 6.43 Å². The second-order valence-corrected chi connectivity index (χ2v) is 2.00. The minimum atomic E-state index is -5.28. The molecule has 0 aromatic heterocycles. The van der Waals surface area contributed by atoms with Crippen LogP contribution in [0.5, 0.6) is 0 Å². The van der Waals surface area contributed by atoms with Gasteiger partial charge in [-0.15, -0.1) is 0 Å². The van der Waals surface area contributed by atoms with Gasteiger partial charge < -0.3 is 0 Å². The average molecular weight is 197 g/mol. The third kappa shape index (κ3) is 3.77. The molecule has 0 rings (SSSR count). The molecule has 0 spiro atoms. The summed E-state index contributed by atoms with van der Waals surface area (Å²) in [6.45, 7) is 0. The molecule has 0 bridgehead atoms. The van der Waals surface area contributed by atoms with Gasteiger partial charge in [-0.2, -0.15) is 22.0 Å². The van der Waals surface area contributed by atoms with Crippen LogP contribution in [0.25, 0.3) is 0 Å². The summed E-state index contributed by atoms with van der Waals surface area (Å²) in [6, 6.07) is 0. The lowest BCUT2D eigenvalue weighted by atomic mass is 10.2. The van der Waals surface area contributed by atoms with Crippen LogP contribution in [0.4, 0.5) is 30.7 Å². The smallest absolute Gasteiger partial charge is 0.240 e. The molecule has 0 N–H and O–H groups in total. The molecule has 0 aliphatic heterocycles. The van der Waals surface area contributed by atoms with Gasteiger partial charge in [-0.3, -0.25) is 0 Å². The normalized spacial score (nSPS) is 18.0. The van der Waals surface area contributed by atoms with E-state index in [1.165, 1.54) is 0 Å². The van der Waals surface area contributed by atoms with E-state index >= 15 is 0 Å². The number of halogens is 7. The Bertz CT molecular complexity index is 128. The summed E-state index contributed by atoms with van der Waals surface area (Å²) in [7, 11) is 0. The maximum Gasteiger partial charge on any atom is 0.419 e. The van der Waals surface area contributed by atoms with E-state index in [2.05, 4.69) is 0 Å². The summed E-state index contributed by atoms with van der Waals surface area (Å²) in [6.07, 6.45) is -16.7. The number of hydrogen-bond acceptors (Lipinski definition) is 0. The monoisotopic (exact) mass is 197 g/mol. The first kappa shape index (κ1) is 11.5. The van der Waals surface area contributed by atoms with Gasteiger partial charge in [0.1, 0.15) is 0 Å². The van der Waals surface area contributed by atoms with Crippen molar-refractivity contribution in [3.63, 3.8) is 0 Å². The van der Waals surface area contributed by atoms with E-state index in [-0.39, 0.29) is 0 Å². The van der Waals surface area contributed by atoms with Crippen LogP contribution in [-0.4, -0.2) is 18.5 Å². The molecule has 12 heavy (non-hydrogen) atoms. The van der Waals surface area contributed by atoms with Gasteiger partial charge >= 0.3 is 12.6 Å². The molecule has 0 fully saturated rings. The molecule has 73 valence electrons. The average Bonchev–Trinajstić information content (AvgIpc) is 1.85. The largest absolute Gasteiger partial charge is 0.419 e. The third-order valence-electron chi connectivity index (χ3n) is 1.01. The maximum absolute atomic E-state index is 11.8. The number of alkyl halides is 5. The Morgan fingerprint density at radius 2 is 1.50 bits per heavy atom. The highest BCUT2D eigenvalue weighted by Crippen LogP contribution is 2.29. The van der Waals surface area contributed by atoms with Crippen molar-refractivity contribution < 1.29 is 30.7 Å². The summed E-state index contributed by atoms with van der Waals surface area (Å²) >= 11 is 0. The highest BCUT2D eigenvalue weighted by atomic mass is 19.4. The zero-order chi connectivity index (χ0) is 9.94. The Morgan fingerprint density at radius 3 is 1.75 bits per heavy atom. The maximum atomic E-state index is 11.8. The van der Waals surface area contributed by atoms with Crippen molar-refractivity contribution in [1.82, 2.24) is 0 Å². The molecule has 7 heteroatoms. The molecular weight excluding hydrogens is 193 g/mol. The zero-order valence-corrected chi connectivity index (χ0v) is 5.51. The van der Waals surface area contributed by atoms with Crippen LogP contribution in [0.3, 0.4) is 0 Å². The first-order valence-corrected chi connectivity index (χ1v) is 2.78. The fourth-order valence-corrected chi connectivity index (χ4v) is 0.404. The molecule has 0 aromatic rings. The van der Waals surface area contributed by atoms with E-state index in [4.69, 9.17) is 0 Å². The highest BCUT2D eigenvalue weighted by molar-refractivity contribution is 4.79. The lowest BCUT2D eigenvalue weighted by Gasteiger charge is -2.13. The second-order valence-electron chi connectivity index (χ2n) is 2.00. The van der Waals surface area contributed by atoms with Crippen molar-refractivity contribution in [2.75, 3.05) is 0 Å². The van der Waals surface area contributed by atoms with Crippen LogP contribution in [0.2, 0.25) is 0 Å². The topological polar surface area (TPSA) is 0 Å². The van der Waals surface area contributed by atoms with Crippen LogP contribution < -0.4 is 0 Å². The quantitative estimate of drug-likeness (QED) is 0.610. The van der Waals surface area contributed by atoms with Crippen LogP contribution >= 0.6 is 0 Å². The first-order chi connectivity index (χ1) is 5.25. The number of hydrogen-bond donors (Lipinski definition) is 0. The van der Waals surface area contributed by atoms with Crippen molar-refractivity contribution in [2.24, 2.45) is 0 Å². The molecule has 0 saturated heterocycles. The van der Waals surface area contributed by atoms with Crippen LogP contribution in [0, 0.1) is 6.43 Å².